The Hall–Kier alpha value is -2.18. The molecule has 3 nitrogen and oxygen atoms in total. The van der Waals surface area contributed by atoms with E-state index in [1.807, 2.05) is 0 Å². The average molecular weight is 271 g/mol. The van der Waals surface area contributed by atoms with Crippen molar-refractivity contribution in [1.82, 2.24) is 9.97 Å². The summed E-state index contributed by atoms with van der Waals surface area (Å²) in [7, 11) is 0. The Morgan fingerprint density at radius 3 is 2.58 bits per heavy atom. The van der Waals surface area contributed by atoms with Crippen molar-refractivity contribution in [3.63, 3.8) is 0 Å². The molecule has 0 aliphatic carbocycles. The summed E-state index contributed by atoms with van der Waals surface area (Å²) in [6, 6.07) is 4.51. The number of nitrogens with zero attached hydrogens (tertiary/aromatic N) is 2. The number of hydrogen-bond acceptors (Lipinski definition) is 3. The maximum atomic E-state index is 13.4. The number of alkyl halides is 2. The fourth-order valence-corrected chi connectivity index (χ4v) is 1.50. The van der Waals surface area contributed by atoms with Gasteiger partial charge in [0.1, 0.15) is 17.3 Å². The Balaban J connectivity index is 2.35. The first kappa shape index (κ1) is 13.3. The van der Waals surface area contributed by atoms with Crippen LogP contribution in [0.5, 0.6) is 0 Å². The molecule has 0 saturated carbocycles. The highest BCUT2D eigenvalue weighted by atomic mass is 19.3. The van der Waals surface area contributed by atoms with E-state index in [1.165, 1.54) is 19.1 Å². The SMILES string of the molecule is Cc1nc(Nc2cccc(F)c2F)cc(C(F)F)n1. The van der Waals surface area contributed by atoms with Crippen molar-refractivity contribution in [3.05, 3.63) is 47.4 Å². The molecule has 100 valence electrons. The van der Waals surface area contributed by atoms with Crippen LogP contribution in [0.1, 0.15) is 17.9 Å². The summed E-state index contributed by atoms with van der Waals surface area (Å²) >= 11 is 0. The molecule has 0 spiro atoms. The van der Waals surface area contributed by atoms with E-state index in [9.17, 15) is 17.6 Å². The molecule has 1 N–H and O–H groups in total. The summed E-state index contributed by atoms with van der Waals surface area (Å²) in [5.74, 6) is -2.05. The van der Waals surface area contributed by atoms with Gasteiger partial charge in [-0.1, -0.05) is 6.07 Å². The molecule has 19 heavy (non-hydrogen) atoms. The third-order valence-corrected chi connectivity index (χ3v) is 2.30. The lowest BCUT2D eigenvalue weighted by atomic mass is 10.3. The van der Waals surface area contributed by atoms with Crippen LogP contribution in [0.15, 0.2) is 24.3 Å². The quantitative estimate of drug-likeness (QED) is 0.864. The summed E-state index contributed by atoms with van der Waals surface area (Å²) in [6.45, 7) is 1.43. The lowest BCUT2D eigenvalue weighted by molar-refractivity contribution is 0.145. The summed E-state index contributed by atoms with van der Waals surface area (Å²) in [5.41, 5.74) is -0.662. The molecular formula is C12H9F4N3. The highest BCUT2D eigenvalue weighted by molar-refractivity contribution is 5.57. The third kappa shape index (κ3) is 2.98. The molecule has 2 aromatic rings. The Morgan fingerprint density at radius 2 is 1.89 bits per heavy atom. The average Bonchev–Trinajstić information content (AvgIpc) is 2.34. The predicted octanol–water partition coefficient (Wildman–Crippen LogP) is 3.74. The number of rotatable bonds is 3. The Kier molecular flexibility index (Phi) is 3.64. The van der Waals surface area contributed by atoms with E-state index in [2.05, 4.69) is 15.3 Å². The standard InChI is InChI=1S/C12H9F4N3/c1-6-17-9(12(15)16)5-10(18-6)19-8-4-2-3-7(13)11(8)14/h2-5,12H,1H3,(H,17,18,19). The number of nitrogens with one attached hydrogen (secondary N) is 1. The van der Waals surface area contributed by atoms with E-state index in [1.54, 1.807) is 0 Å². The van der Waals surface area contributed by atoms with Gasteiger partial charge in [-0.3, -0.25) is 0 Å². The Labute approximate surface area is 106 Å². The van der Waals surface area contributed by atoms with E-state index < -0.39 is 23.8 Å². The third-order valence-electron chi connectivity index (χ3n) is 2.30. The first-order valence-corrected chi connectivity index (χ1v) is 5.32. The zero-order valence-corrected chi connectivity index (χ0v) is 9.79. The van der Waals surface area contributed by atoms with Crippen molar-refractivity contribution in [2.45, 2.75) is 13.3 Å². The number of aryl methyl sites for hydroxylation is 1. The number of benzene rings is 1. The monoisotopic (exact) mass is 271 g/mol. The minimum atomic E-state index is -2.76. The Bertz CT molecular complexity index is 602. The van der Waals surface area contributed by atoms with Gasteiger partial charge in [0.2, 0.25) is 0 Å². The minimum Gasteiger partial charge on any atom is -0.338 e. The maximum Gasteiger partial charge on any atom is 0.280 e. The van der Waals surface area contributed by atoms with Crippen LogP contribution in [0, 0.1) is 18.6 Å². The molecule has 7 heteroatoms. The van der Waals surface area contributed by atoms with Crippen molar-refractivity contribution in [2.24, 2.45) is 0 Å². The number of aromatic nitrogens is 2. The van der Waals surface area contributed by atoms with Crippen LogP contribution in [-0.2, 0) is 0 Å². The highest BCUT2D eigenvalue weighted by Crippen LogP contribution is 2.23. The van der Waals surface area contributed by atoms with Gasteiger partial charge in [0.25, 0.3) is 6.43 Å². The second-order valence-electron chi connectivity index (χ2n) is 3.75. The van der Waals surface area contributed by atoms with Gasteiger partial charge in [0.15, 0.2) is 11.6 Å². The first-order chi connectivity index (χ1) is 8.97. The fraction of sp³-hybridized carbons (Fsp3) is 0.167. The molecule has 0 unspecified atom stereocenters. The number of halogens is 4. The fourth-order valence-electron chi connectivity index (χ4n) is 1.50. The molecule has 2 rings (SSSR count). The summed E-state index contributed by atoms with van der Waals surface area (Å²) in [6.07, 6.45) is -2.76. The zero-order chi connectivity index (χ0) is 14.0. The molecule has 0 fully saturated rings. The van der Waals surface area contributed by atoms with E-state index in [-0.39, 0.29) is 17.3 Å². The van der Waals surface area contributed by atoms with E-state index >= 15 is 0 Å². The van der Waals surface area contributed by atoms with Gasteiger partial charge in [0.05, 0.1) is 5.69 Å². The van der Waals surface area contributed by atoms with Gasteiger partial charge in [0, 0.05) is 6.07 Å². The Morgan fingerprint density at radius 1 is 1.16 bits per heavy atom. The molecule has 0 radical (unpaired) electrons. The van der Waals surface area contributed by atoms with Crippen LogP contribution >= 0.6 is 0 Å². The van der Waals surface area contributed by atoms with Crippen molar-refractivity contribution in [2.75, 3.05) is 5.32 Å². The highest BCUT2D eigenvalue weighted by Gasteiger charge is 2.13. The van der Waals surface area contributed by atoms with E-state index in [0.717, 1.165) is 12.1 Å². The second-order valence-corrected chi connectivity index (χ2v) is 3.75. The lowest BCUT2D eigenvalue weighted by Crippen LogP contribution is -2.03. The van der Waals surface area contributed by atoms with Crippen LogP contribution in [0.25, 0.3) is 0 Å². The van der Waals surface area contributed by atoms with Gasteiger partial charge >= 0.3 is 0 Å². The molecule has 1 aromatic carbocycles. The van der Waals surface area contributed by atoms with Crippen molar-refractivity contribution in [1.29, 1.82) is 0 Å². The van der Waals surface area contributed by atoms with Gasteiger partial charge in [-0.25, -0.2) is 27.5 Å². The topological polar surface area (TPSA) is 37.8 Å². The zero-order valence-electron chi connectivity index (χ0n) is 9.79. The molecule has 0 saturated heterocycles. The molecule has 0 amide bonds. The van der Waals surface area contributed by atoms with Crippen LogP contribution in [-0.4, -0.2) is 9.97 Å². The first-order valence-electron chi connectivity index (χ1n) is 5.32. The lowest BCUT2D eigenvalue weighted by Gasteiger charge is -2.09. The molecule has 1 heterocycles. The summed E-state index contributed by atoms with van der Waals surface area (Å²) < 4.78 is 51.5. The van der Waals surface area contributed by atoms with Crippen LogP contribution in [0.4, 0.5) is 29.1 Å². The van der Waals surface area contributed by atoms with Crippen LogP contribution in [0.3, 0.4) is 0 Å². The molecule has 1 aromatic heterocycles. The maximum absolute atomic E-state index is 13.4. The normalized spacial score (nSPS) is 10.8. The van der Waals surface area contributed by atoms with E-state index in [4.69, 9.17) is 0 Å². The van der Waals surface area contributed by atoms with Gasteiger partial charge in [-0.05, 0) is 19.1 Å². The van der Waals surface area contributed by atoms with Gasteiger partial charge < -0.3 is 5.32 Å². The second kappa shape index (κ2) is 5.21. The largest absolute Gasteiger partial charge is 0.338 e. The molecular weight excluding hydrogens is 262 g/mol. The molecule has 0 aliphatic heterocycles. The van der Waals surface area contributed by atoms with Crippen molar-refractivity contribution < 1.29 is 17.6 Å². The number of anilines is 2. The molecule has 0 aliphatic rings. The number of hydrogen-bond donors (Lipinski definition) is 1. The molecule has 0 bridgehead atoms. The van der Waals surface area contributed by atoms with Crippen molar-refractivity contribution in [3.8, 4) is 0 Å². The predicted molar refractivity (Wildman–Crippen MR) is 61.4 cm³/mol. The van der Waals surface area contributed by atoms with Gasteiger partial charge in [-0.2, -0.15) is 0 Å². The van der Waals surface area contributed by atoms with E-state index in [0.29, 0.717) is 0 Å². The summed E-state index contributed by atoms with van der Waals surface area (Å²) in [4.78, 5) is 7.38. The molecule has 0 atom stereocenters. The van der Waals surface area contributed by atoms with Gasteiger partial charge in [-0.15, -0.1) is 0 Å². The van der Waals surface area contributed by atoms with Crippen LogP contribution in [0.2, 0.25) is 0 Å². The smallest absolute Gasteiger partial charge is 0.280 e. The van der Waals surface area contributed by atoms with Crippen LogP contribution < -0.4 is 5.32 Å². The summed E-state index contributed by atoms with van der Waals surface area (Å²) in [5, 5.41) is 2.45. The van der Waals surface area contributed by atoms with Crippen molar-refractivity contribution >= 4 is 11.5 Å². The minimum absolute atomic E-state index is 0.0210.